The maximum absolute atomic E-state index is 14.2. The van der Waals surface area contributed by atoms with Crippen LogP contribution in [0.2, 0.25) is 0 Å². The molecule has 2 aromatic rings. The molecule has 0 aromatic heterocycles. The molecular formula is C25H24F4O2. The van der Waals surface area contributed by atoms with Crippen LogP contribution in [0.25, 0.3) is 0 Å². The SMILES string of the molecule is C=C(/C=C1/CC(C)C/C1=C/C)OCc1cc(Oc2ccccc2C(F)(F)F)ccc1F. The van der Waals surface area contributed by atoms with Gasteiger partial charge in [0.1, 0.15) is 29.7 Å². The molecule has 0 bridgehead atoms. The van der Waals surface area contributed by atoms with Gasteiger partial charge in [-0.25, -0.2) is 4.39 Å². The summed E-state index contributed by atoms with van der Waals surface area (Å²) in [5.74, 6) is 0.145. The van der Waals surface area contributed by atoms with Crippen LogP contribution in [0.4, 0.5) is 17.6 Å². The molecule has 0 amide bonds. The predicted molar refractivity (Wildman–Crippen MR) is 112 cm³/mol. The van der Waals surface area contributed by atoms with Crippen molar-refractivity contribution in [2.24, 2.45) is 5.92 Å². The van der Waals surface area contributed by atoms with Crippen LogP contribution >= 0.6 is 0 Å². The third-order valence-corrected chi connectivity index (χ3v) is 5.08. The molecule has 1 aliphatic carbocycles. The largest absolute Gasteiger partial charge is 0.489 e. The average molecular weight is 432 g/mol. The minimum absolute atomic E-state index is 0.0847. The topological polar surface area (TPSA) is 18.5 Å². The van der Waals surface area contributed by atoms with Crippen LogP contribution in [0.5, 0.6) is 11.5 Å². The van der Waals surface area contributed by atoms with Crippen molar-refractivity contribution in [3.63, 3.8) is 0 Å². The molecule has 1 saturated carbocycles. The number of halogens is 4. The Hall–Kier alpha value is -3.02. The van der Waals surface area contributed by atoms with Gasteiger partial charge in [0.15, 0.2) is 0 Å². The maximum Gasteiger partial charge on any atom is 0.419 e. The Balaban J connectivity index is 1.72. The van der Waals surface area contributed by atoms with E-state index in [2.05, 4.69) is 19.6 Å². The Morgan fingerprint density at radius 2 is 1.84 bits per heavy atom. The highest BCUT2D eigenvalue weighted by molar-refractivity contribution is 5.41. The van der Waals surface area contributed by atoms with Crippen molar-refractivity contribution in [2.45, 2.75) is 39.5 Å². The van der Waals surface area contributed by atoms with Crippen molar-refractivity contribution < 1.29 is 27.0 Å². The van der Waals surface area contributed by atoms with Gasteiger partial charge in [-0.2, -0.15) is 13.2 Å². The molecule has 2 nitrogen and oxygen atoms in total. The predicted octanol–water partition coefficient (Wildman–Crippen LogP) is 7.97. The van der Waals surface area contributed by atoms with Crippen molar-refractivity contribution in [3.8, 4) is 11.5 Å². The van der Waals surface area contributed by atoms with E-state index < -0.39 is 17.6 Å². The van der Waals surface area contributed by atoms with Gasteiger partial charge < -0.3 is 9.47 Å². The van der Waals surface area contributed by atoms with Gasteiger partial charge in [-0.3, -0.25) is 0 Å². The Bertz CT molecular complexity index is 1020. The van der Waals surface area contributed by atoms with E-state index in [1.165, 1.54) is 35.9 Å². The first-order chi connectivity index (χ1) is 14.7. The second-order valence-electron chi connectivity index (χ2n) is 7.60. The molecule has 1 unspecified atom stereocenters. The Kier molecular flexibility index (Phi) is 6.88. The maximum atomic E-state index is 14.2. The van der Waals surface area contributed by atoms with Crippen LogP contribution in [0.15, 0.2) is 78.1 Å². The smallest absolute Gasteiger partial charge is 0.419 e. The van der Waals surface area contributed by atoms with E-state index in [-0.39, 0.29) is 23.7 Å². The van der Waals surface area contributed by atoms with E-state index in [0.717, 1.165) is 30.5 Å². The van der Waals surface area contributed by atoms with Crippen LogP contribution in [0.3, 0.4) is 0 Å². The molecule has 0 heterocycles. The number of hydrogen-bond donors (Lipinski definition) is 0. The van der Waals surface area contributed by atoms with E-state index in [1.807, 2.05) is 13.0 Å². The summed E-state index contributed by atoms with van der Waals surface area (Å²) in [4.78, 5) is 0. The minimum Gasteiger partial charge on any atom is -0.489 e. The lowest BCUT2D eigenvalue weighted by Gasteiger charge is -2.14. The summed E-state index contributed by atoms with van der Waals surface area (Å²) < 4.78 is 64.7. The second kappa shape index (κ2) is 9.41. The minimum atomic E-state index is -4.56. The van der Waals surface area contributed by atoms with Gasteiger partial charge in [0, 0.05) is 5.56 Å². The molecule has 3 rings (SSSR count). The van der Waals surface area contributed by atoms with Gasteiger partial charge in [-0.05, 0) is 73.2 Å². The van der Waals surface area contributed by atoms with E-state index in [4.69, 9.17) is 9.47 Å². The molecule has 1 atom stereocenters. The molecule has 1 fully saturated rings. The molecule has 31 heavy (non-hydrogen) atoms. The summed E-state index contributed by atoms with van der Waals surface area (Å²) in [5.41, 5.74) is 1.67. The van der Waals surface area contributed by atoms with E-state index in [1.54, 1.807) is 0 Å². The van der Waals surface area contributed by atoms with Crippen LogP contribution in [-0.4, -0.2) is 0 Å². The van der Waals surface area contributed by atoms with E-state index >= 15 is 0 Å². The monoisotopic (exact) mass is 432 g/mol. The zero-order valence-corrected chi connectivity index (χ0v) is 17.4. The number of para-hydroxylation sites is 1. The van der Waals surface area contributed by atoms with E-state index in [9.17, 15) is 17.6 Å². The summed E-state index contributed by atoms with van der Waals surface area (Å²) in [6.07, 6.45) is 1.30. The highest BCUT2D eigenvalue weighted by Crippen LogP contribution is 2.38. The first-order valence-corrected chi connectivity index (χ1v) is 9.97. The average Bonchev–Trinajstić information content (AvgIpc) is 3.07. The highest BCUT2D eigenvalue weighted by Gasteiger charge is 2.34. The van der Waals surface area contributed by atoms with Gasteiger partial charge in [-0.15, -0.1) is 0 Å². The zero-order chi connectivity index (χ0) is 22.6. The fourth-order valence-corrected chi connectivity index (χ4v) is 3.59. The lowest BCUT2D eigenvalue weighted by Crippen LogP contribution is -2.07. The van der Waals surface area contributed by atoms with Gasteiger partial charge in [0.2, 0.25) is 0 Å². The quantitative estimate of drug-likeness (QED) is 0.340. The molecule has 2 aromatic carbocycles. The highest BCUT2D eigenvalue weighted by atomic mass is 19.4. The van der Waals surface area contributed by atoms with Gasteiger partial charge in [0.25, 0.3) is 0 Å². The molecule has 0 spiro atoms. The van der Waals surface area contributed by atoms with Crippen LogP contribution in [-0.2, 0) is 17.5 Å². The second-order valence-corrected chi connectivity index (χ2v) is 7.60. The fourth-order valence-electron chi connectivity index (χ4n) is 3.59. The van der Waals surface area contributed by atoms with Crippen LogP contribution in [0, 0.1) is 11.7 Å². The van der Waals surface area contributed by atoms with Crippen molar-refractivity contribution >= 4 is 0 Å². The fraction of sp³-hybridized carbons (Fsp3) is 0.280. The lowest BCUT2D eigenvalue weighted by molar-refractivity contribution is -0.138. The number of ether oxygens (including phenoxy) is 2. The number of allylic oxidation sites excluding steroid dienone is 4. The van der Waals surface area contributed by atoms with Gasteiger partial charge >= 0.3 is 6.18 Å². The molecule has 164 valence electrons. The Labute approximate surface area is 179 Å². The van der Waals surface area contributed by atoms with E-state index in [0.29, 0.717) is 11.7 Å². The number of benzene rings is 2. The molecule has 0 N–H and O–H groups in total. The standard InChI is InChI=1S/C25H24F4O2/c1-4-18-11-16(2)12-19(18)13-17(3)30-15-20-14-21(9-10-23(20)26)31-24-8-6-5-7-22(24)25(27,28)29/h4-10,13-14,16H,3,11-12,15H2,1-2H3/b18-4-,19-13-. The van der Waals surface area contributed by atoms with Crippen molar-refractivity contribution in [2.75, 3.05) is 0 Å². The first kappa shape index (κ1) is 22.7. The molecule has 1 aliphatic rings. The molecule has 6 heteroatoms. The normalized spacial score (nSPS) is 19.1. The third kappa shape index (κ3) is 5.78. The molecule has 0 saturated heterocycles. The lowest BCUT2D eigenvalue weighted by atomic mass is 10.1. The van der Waals surface area contributed by atoms with Crippen molar-refractivity contribution in [1.82, 2.24) is 0 Å². The van der Waals surface area contributed by atoms with Gasteiger partial charge in [-0.1, -0.05) is 31.7 Å². The number of rotatable bonds is 6. The molecular weight excluding hydrogens is 408 g/mol. The number of alkyl halides is 3. The Morgan fingerprint density at radius 3 is 2.55 bits per heavy atom. The summed E-state index contributed by atoms with van der Waals surface area (Å²) in [6, 6.07) is 8.63. The molecule has 0 aliphatic heterocycles. The zero-order valence-electron chi connectivity index (χ0n) is 17.4. The summed E-state index contributed by atoms with van der Waals surface area (Å²) in [7, 11) is 0. The van der Waals surface area contributed by atoms with Crippen molar-refractivity contribution in [3.05, 3.63) is 95.0 Å². The van der Waals surface area contributed by atoms with Gasteiger partial charge in [0.05, 0.1) is 5.56 Å². The summed E-state index contributed by atoms with van der Waals surface area (Å²) in [5, 5.41) is 0. The molecule has 0 radical (unpaired) electrons. The van der Waals surface area contributed by atoms with Crippen LogP contribution in [0.1, 0.15) is 37.8 Å². The Morgan fingerprint density at radius 1 is 1.13 bits per heavy atom. The van der Waals surface area contributed by atoms with Crippen molar-refractivity contribution in [1.29, 1.82) is 0 Å². The third-order valence-electron chi connectivity index (χ3n) is 5.08. The van der Waals surface area contributed by atoms with Crippen LogP contribution < -0.4 is 4.74 Å². The first-order valence-electron chi connectivity index (χ1n) is 9.97. The number of hydrogen-bond acceptors (Lipinski definition) is 2. The summed E-state index contributed by atoms with van der Waals surface area (Å²) >= 11 is 0. The summed E-state index contributed by atoms with van der Waals surface area (Å²) in [6.45, 7) is 7.92.